The molecule has 3 N–H and O–H groups in total. The Morgan fingerprint density at radius 3 is 2.58 bits per heavy atom. The van der Waals surface area contributed by atoms with Gasteiger partial charge in [0.05, 0.1) is 41.2 Å². The molecule has 0 spiro atoms. The van der Waals surface area contributed by atoms with Crippen molar-refractivity contribution >= 4 is 34.8 Å². The summed E-state index contributed by atoms with van der Waals surface area (Å²) >= 11 is 13.0. The van der Waals surface area contributed by atoms with Crippen LogP contribution in [-0.2, 0) is 5.60 Å². The highest BCUT2D eigenvalue weighted by Gasteiger charge is 2.34. The largest absolute Gasteiger partial charge is 0.494 e. The number of benzene rings is 2. The zero-order chi connectivity index (χ0) is 28.7. The number of amides is 1. The Hall–Kier alpha value is -2.88. The molecule has 40 heavy (non-hydrogen) atoms. The molecule has 2 aromatic carbocycles. The Balaban J connectivity index is 1.53. The van der Waals surface area contributed by atoms with E-state index in [0.29, 0.717) is 54.1 Å². The summed E-state index contributed by atoms with van der Waals surface area (Å²) in [4.78, 5) is 21.0. The molecule has 1 aliphatic rings. The van der Waals surface area contributed by atoms with Crippen LogP contribution in [0.3, 0.4) is 0 Å². The van der Waals surface area contributed by atoms with E-state index >= 15 is 0 Å². The third-order valence-corrected chi connectivity index (χ3v) is 7.48. The second kappa shape index (κ2) is 13.7. The number of carbonyl (C=O) groups excluding carboxylic acids is 1. The number of β-amino-alcohol motifs (C(OH)–C–C–N with tert-alkyl or cyclic N) is 1. The van der Waals surface area contributed by atoms with Crippen molar-refractivity contribution in [3.8, 4) is 5.75 Å². The highest BCUT2D eigenvalue weighted by molar-refractivity contribution is 6.33. The number of piperazine rings is 1. The van der Waals surface area contributed by atoms with Crippen molar-refractivity contribution in [1.29, 1.82) is 0 Å². The predicted molar refractivity (Wildman–Crippen MR) is 158 cm³/mol. The number of aliphatic hydroxyl groups is 2. The van der Waals surface area contributed by atoms with Crippen molar-refractivity contribution in [2.24, 2.45) is 0 Å². The van der Waals surface area contributed by atoms with Crippen LogP contribution in [0.4, 0.5) is 5.69 Å². The van der Waals surface area contributed by atoms with Crippen LogP contribution in [0.15, 0.2) is 60.8 Å². The van der Waals surface area contributed by atoms with Gasteiger partial charge in [-0.1, -0.05) is 42.3 Å². The summed E-state index contributed by atoms with van der Waals surface area (Å²) in [5.41, 5.74) is 1.61. The molecule has 1 amide bonds. The Kier molecular flexibility index (Phi) is 10.3. The summed E-state index contributed by atoms with van der Waals surface area (Å²) in [5, 5.41) is 24.2. The van der Waals surface area contributed by atoms with Gasteiger partial charge in [-0.15, -0.1) is 0 Å². The first-order chi connectivity index (χ1) is 19.2. The molecule has 0 radical (unpaired) electrons. The van der Waals surface area contributed by atoms with E-state index in [4.69, 9.17) is 33.0 Å². The van der Waals surface area contributed by atoms with E-state index in [-0.39, 0.29) is 25.1 Å². The second-order valence-corrected chi connectivity index (χ2v) is 11.0. The summed E-state index contributed by atoms with van der Waals surface area (Å²) < 4.78 is 5.76. The Bertz CT molecular complexity index is 1270. The fourth-order valence-corrected chi connectivity index (χ4v) is 5.31. The van der Waals surface area contributed by atoms with E-state index < -0.39 is 5.60 Å². The maximum Gasteiger partial charge on any atom is 0.252 e. The number of anilines is 1. The van der Waals surface area contributed by atoms with E-state index in [1.165, 1.54) is 6.20 Å². The first kappa shape index (κ1) is 30.1. The van der Waals surface area contributed by atoms with Crippen LogP contribution >= 0.6 is 23.2 Å². The Morgan fingerprint density at radius 2 is 1.93 bits per heavy atom. The minimum Gasteiger partial charge on any atom is -0.494 e. The summed E-state index contributed by atoms with van der Waals surface area (Å²) in [5.74, 6) is 0.427. The van der Waals surface area contributed by atoms with Gasteiger partial charge < -0.3 is 25.2 Å². The molecule has 8 nitrogen and oxygen atoms in total. The molecular weight excluding hydrogens is 551 g/mol. The highest BCUT2D eigenvalue weighted by atomic mass is 35.5. The molecule has 3 aromatic rings. The lowest BCUT2D eigenvalue weighted by atomic mass is 9.97. The van der Waals surface area contributed by atoms with Gasteiger partial charge in [0.2, 0.25) is 0 Å². The molecule has 4 rings (SSSR count). The van der Waals surface area contributed by atoms with Crippen molar-refractivity contribution in [2.75, 3.05) is 50.8 Å². The number of halogens is 2. The summed E-state index contributed by atoms with van der Waals surface area (Å²) in [6.07, 6.45) is 2.37. The maximum atomic E-state index is 12.1. The standard InChI is InChI=1S/C30H36Cl2N4O4/c1-3-16-40-24-9-10-26(25(32)17-24)36-14-13-35(19-27(36)21-4-7-23(31)8-5-21)20-30(2,39)28-11-6-22(18-34-28)29(38)33-12-15-37/h4-11,17-18,27,37,39H,3,12-16,19-20H2,1-2H3,(H,33,38)/t27-,30+/m0/s1. The SMILES string of the molecule is CCCOc1ccc(N2CCN(C[C@@](C)(O)c3ccc(C(=O)NCCO)cn3)C[C@H]2c2ccc(Cl)cc2)c(Cl)c1. The number of aliphatic hydroxyl groups excluding tert-OH is 1. The van der Waals surface area contributed by atoms with Crippen molar-refractivity contribution in [1.82, 2.24) is 15.2 Å². The van der Waals surface area contributed by atoms with Crippen molar-refractivity contribution in [3.05, 3.63) is 87.7 Å². The number of carbonyl (C=O) groups is 1. The van der Waals surface area contributed by atoms with Crippen LogP contribution in [0.2, 0.25) is 10.0 Å². The van der Waals surface area contributed by atoms with Crippen LogP contribution in [0.5, 0.6) is 5.75 Å². The molecule has 1 aromatic heterocycles. The number of hydrogen-bond donors (Lipinski definition) is 3. The van der Waals surface area contributed by atoms with Crippen LogP contribution in [0.25, 0.3) is 0 Å². The highest BCUT2D eigenvalue weighted by Crippen LogP contribution is 2.38. The average molecular weight is 588 g/mol. The quantitative estimate of drug-likeness (QED) is 0.300. The Morgan fingerprint density at radius 1 is 1.15 bits per heavy atom. The Labute approximate surface area is 245 Å². The molecule has 214 valence electrons. The molecule has 0 bridgehead atoms. The smallest absolute Gasteiger partial charge is 0.252 e. The summed E-state index contributed by atoms with van der Waals surface area (Å²) in [6, 6.07) is 16.9. The maximum absolute atomic E-state index is 12.1. The van der Waals surface area contributed by atoms with E-state index in [9.17, 15) is 9.90 Å². The minimum absolute atomic E-state index is 0.0349. The summed E-state index contributed by atoms with van der Waals surface area (Å²) in [7, 11) is 0. The third kappa shape index (κ3) is 7.44. The van der Waals surface area contributed by atoms with Crippen molar-refractivity contribution in [3.63, 3.8) is 0 Å². The van der Waals surface area contributed by atoms with Crippen molar-refractivity contribution < 1.29 is 19.7 Å². The molecule has 2 atom stereocenters. The first-order valence-electron chi connectivity index (χ1n) is 13.5. The van der Waals surface area contributed by atoms with Crippen LogP contribution in [0.1, 0.15) is 47.9 Å². The number of hydrogen-bond acceptors (Lipinski definition) is 7. The van der Waals surface area contributed by atoms with Gasteiger partial charge in [0.1, 0.15) is 11.4 Å². The lowest BCUT2D eigenvalue weighted by Crippen LogP contribution is -2.52. The zero-order valence-electron chi connectivity index (χ0n) is 22.8. The minimum atomic E-state index is -1.25. The number of nitrogens with zero attached hydrogens (tertiary/aromatic N) is 3. The monoisotopic (exact) mass is 586 g/mol. The fraction of sp³-hybridized carbons (Fsp3) is 0.400. The van der Waals surface area contributed by atoms with Crippen LogP contribution in [-0.4, -0.2) is 71.9 Å². The van der Waals surface area contributed by atoms with E-state index in [2.05, 4.69) is 27.0 Å². The molecule has 0 saturated carbocycles. The topological polar surface area (TPSA) is 98.2 Å². The van der Waals surface area contributed by atoms with Crippen LogP contribution < -0.4 is 15.0 Å². The van der Waals surface area contributed by atoms with Gasteiger partial charge in [0.25, 0.3) is 5.91 Å². The van der Waals surface area contributed by atoms with Gasteiger partial charge >= 0.3 is 0 Å². The molecule has 2 heterocycles. The van der Waals surface area contributed by atoms with E-state index in [0.717, 1.165) is 23.4 Å². The predicted octanol–water partition coefficient (Wildman–Crippen LogP) is 4.67. The molecule has 1 aliphatic heterocycles. The molecule has 1 saturated heterocycles. The van der Waals surface area contributed by atoms with Gasteiger partial charge in [0.15, 0.2) is 0 Å². The molecule has 0 unspecified atom stereocenters. The molecular formula is C30H36Cl2N4O4. The third-order valence-electron chi connectivity index (χ3n) is 6.93. The lowest BCUT2D eigenvalue weighted by molar-refractivity contribution is 0.00674. The van der Waals surface area contributed by atoms with Gasteiger partial charge in [-0.05, 0) is 55.3 Å². The van der Waals surface area contributed by atoms with Gasteiger partial charge in [-0.25, -0.2) is 0 Å². The number of nitrogens with one attached hydrogen (secondary N) is 1. The number of rotatable bonds is 11. The number of ether oxygens (including phenoxy) is 1. The molecule has 10 heteroatoms. The van der Waals surface area contributed by atoms with Crippen LogP contribution in [0, 0.1) is 0 Å². The molecule has 0 aliphatic carbocycles. The molecule has 1 fully saturated rings. The zero-order valence-corrected chi connectivity index (χ0v) is 24.3. The second-order valence-electron chi connectivity index (χ2n) is 10.1. The normalized spacial score (nSPS) is 17.4. The van der Waals surface area contributed by atoms with Crippen molar-refractivity contribution in [2.45, 2.75) is 31.9 Å². The van der Waals surface area contributed by atoms with E-state index in [1.807, 2.05) is 42.5 Å². The van der Waals surface area contributed by atoms with Gasteiger partial charge in [0, 0.05) is 50.0 Å². The van der Waals surface area contributed by atoms with Gasteiger partial charge in [-0.2, -0.15) is 0 Å². The number of aromatic nitrogens is 1. The summed E-state index contributed by atoms with van der Waals surface area (Å²) in [6.45, 7) is 6.85. The van der Waals surface area contributed by atoms with E-state index in [1.54, 1.807) is 19.1 Å². The first-order valence-corrected chi connectivity index (χ1v) is 14.2. The average Bonchev–Trinajstić information content (AvgIpc) is 2.95. The fourth-order valence-electron chi connectivity index (χ4n) is 4.91. The lowest BCUT2D eigenvalue weighted by Gasteiger charge is -2.45. The van der Waals surface area contributed by atoms with Gasteiger partial charge in [-0.3, -0.25) is 14.7 Å². The number of pyridine rings is 1.